The van der Waals surface area contributed by atoms with Crippen molar-refractivity contribution in [2.45, 2.75) is 19.7 Å². The third-order valence-corrected chi connectivity index (χ3v) is 5.26. The van der Waals surface area contributed by atoms with Crippen LogP contribution in [0.2, 0.25) is 0 Å². The molecule has 0 bridgehead atoms. The quantitative estimate of drug-likeness (QED) is 0.398. The predicted molar refractivity (Wildman–Crippen MR) is 123 cm³/mol. The number of methoxy groups -OCH3 is 1. The summed E-state index contributed by atoms with van der Waals surface area (Å²) in [5, 5.41) is 0. The van der Waals surface area contributed by atoms with E-state index in [1.165, 1.54) is 4.90 Å². The van der Waals surface area contributed by atoms with Crippen molar-refractivity contribution in [3.05, 3.63) is 84.1 Å². The van der Waals surface area contributed by atoms with Crippen LogP contribution < -0.4 is 0 Å². The molecule has 0 aliphatic rings. The summed E-state index contributed by atoms with van der Waals surface area (Å²) < 4.78 is 18.2. The SMILES string of the molecule is COCCN(CC(=O)N(Cc1ccco1)Cc1cccn1C)C(=O)COCc1ccccc1. The first-order valence-corrected chi connectivity index (χ1v) is 10.9. The van der Waals surface area contributed by atoms with Gasteiger partial charge in [-0.3, -0.25) is 9.59 Å². The molecule has 0 radical (unpaired) electrons. The van der Waals surface area contributed by atoms with Crippen LogP contribution in [0, 0.1) is 0 Å². The topological polar surface area (TPSA) is 77.2 Å². The second-order valence-electron chi connectivity index (χ2n) is 7.73. The summed E-state index contributed by atoms with van der Waals surface area (Å²) >= 11 is 0. The Bertz CT molecular complexity index is 985. The van der Waals surface area contributed by atoms with Crippen molar-refractivity contribution in [1.82, 2.24) is 14.4 Å². The van der Waals surface area contributed by atoms with Crippen molar-refractivity contribution in [1.29, 1.82) is 0 Å². The Labute approximate surface area is 194 Å². The summed E-state index contributed by atoms with van der Waals surface area (Å²) in [5.74, 6) is 0.242. The predicted octanol–water partition coefficient (Wildman–Crippen LogP) is 2.84. The van der Waals surface area contributed by atoms with Crippen molar-refractivity contribution in [3.63, 3.8) is 0 Å². The zero-order chi connectivity index (χ0) is 23.5. The highest BCUT2D eigenvalue weighted by Gasteiger charge is 2.23. The molecular weight excluding hydrogens is 422 g/mol. The van der Waals surface area contributed by atoms with E-state index in [9.17, 15) is 9.59 Å². The van der Waals surface area contributed by atoms with E-state index in [-0.39, 0.29) is 25.0 Å². The number of rotatable bonds is 13. The van der Waals surface area contributed by atoms with Gasteiger partial charge in [0.25, 0.3) is 0 Å². The molecular formula is C25H31N3O5. The second kappa shape index (κ2) is 12.6. The zero-order valence-corrected chi connectivity index (χ0v) is 19.2. The molecule has 0 unspecified atom stereocenters. The fourth-order valence-electron chi connectivity index (χ4n) is 3.36. The molecule has 2 amide bonds. The van der Waals surface area contributed by atoms with Crippen LogP contribution in [0.1, 0.15) is 17.0 Å². The highest BCUT2D eigenvalue weighted by Crippen LogP contribution is 2.12. The monoisotopic (exact) mass is 453 g/mol. The number of carbonyl (C=O) groups is 2. The van der Waals surface area contributed by atoms with E-state index in [1.807, 2.05) is 66.3 Å². The van der Waals surface area contributed by atoms with Crippen LogP contribution in [-0.4, -0.2) is 59.6 Å². The van der Waals surface area contributed by atoms with E-state index in [2.05, 4.69) is 0 Å². The van der Waals surface area contributed by atoms with Gasteiger partial charge in [0.2, 0.25) is 11.8 Å². The number of furan rings is 1. The highest BCUT2D eigenvalue weighted by atomic mass is 16.5. The van der Waals surface area contributed by atoms with Crippen LogP contribution in [0.3, 0.4) is 0 Å². The maximum absolute atomic E-state index is 13.3. The summed E-state index contributed by atoms with van der Waals surface area (Å²) in [5.41, 5.74) is 1.97. The Morgan fingerprint density at radius 1 is 0.970 bits per heavy atom. The minimum Gasteiger partial charge on any atom is -0.467 e. The Hall–Kier alpha value is -3.36. The summed E-state index contributed by atoms with van der Waals surface area (Å²) in [7, 11) is 3.50. The number of nitrogens with zero attached hydrogens (tertiary/aromatic N) is 3. The van der Waals surface area contributed by atoms with Gasteiger partial charge < -0.3 is 28.3 Å². The van der Waals surface area contributed by atoms with Gasteiger partial charge in [-0.05, 0) is 29.8 Å². The number of benzene rings is 1. The molecule has 0 aliphatic carbocycles. The first-order valence-electron chi connectivity index (χ1n) is 10.9. The molecule has 0 spiro atoms. The summed E-state index contributed by atoms with van der Waals surface area (Å²) in [6, 6.07) is 17.2. The van der Waals surface area contributed by atoms with Gasteiger partial charge in [-0.15, -0.1) is 0 Å². The average molecular weight is 454 g/mol. The van der Waals surface area contributed by atoms with E-state index < -0.39 is 0 Å². The van der Waals surface area contributed by atoms with Crippen LogP contribution in [0.25, 0.3) is 0 Å². The molecule has 0 aliphatic heterocycles. The maximum Gasteiger partial charge on any atom is 0.249 e. The van der Waals surface area contributed by atoms with Crippen LogP contribution in [0.5, 0.6) is 0 Å². The van der Waals surface area contributed by atoms with Gasteiger partial charge in [-0.25, -0.2) is 0 Å². The van der Waals surface area contributed by atoms with Crippen molar-refractivity contribution < 1.29 is 23.5 Å². The number of hydrogen-bond donors (Lipinski definition) is 0. The number of aryl methyl sites for hydroxylation is 1. The summed E-state index contributed by atoms with van der Waals surface area (Å²) in [6.45, 7) is 1.50. The second-order valence-corrected chi connectivity index (χ2v) is 7.73. The van der Waals surface area contributed by atoms with Gasteiger partial charge in [0.05, 0.1) is 39.1 Å². The zero-order valence-electron chi connectivity index (χ0n) is 19.2. The van der Waals surface area contributed by atoms with E-state index >= 15 is 0 Å². The van der Waals surface area contributed by atoms with Gasteiger partial charge in [0.15, 0.2) is 0 Å². The Balaban J connectivity index is 1.64. The minimum atomic E-state index is -0.256. The van der Waals surface area contributed by atoms with Gasteiger partial charge >= 0.3 is 0 Å². The summed E-state index contributed by atoms with van der Waals surface area (Å²) in [4.78, 5) is 29.3. The van der Waals surface area contributed by atoms with Crippen molar-refractivity contribution in [2.24, 2.45) is 7.05 Å². The summed E-state index contributed by atoms with van der Waals surface area (Å²) in [6.07, 6.45) is 3.52. The normalized spacial score (nSPS) is 10.8. The highest BCUT2D eigenvalue weighted by molar-refractivity contribution is 5.85. The molecule has 2 heterocycles. The number of amides is 2. The first kappa shape index (κ1) is 24.3. The molecule has 33 heavy (non-hydrogen) atoms. The van der Waals surface area contributed by atoms with E-state index in [4.69, 9.17) is 13.9 Å². The average Bonchev–Trinajstić information content (AvgIpc) is 3.48. The maximum atomic E-state index is 13.3. The third-order valence-electron chi connectivity index (χ3n) is 5.26. The smallest absolute Gasteiger partial charge is 0.249 e. The van der Waals surface area contributed by atoms with E-state index in [0.717, 1.165) is 11.3 Å². The third kappa shape index (κ3) is 7.62. The number of aromatic nitrogens is 1. The first-order chi connectivity index (χ1) is 16.1. The molecule has 176 valence electrons. The Morgan fingerprint density at radius 2 is 1.79 bits per heavy atom. The van der Waals surface area contributed by atoms with E-state index in [0.29, 0.717) is 38.6 Å². The minimum absolute atomic E-state index is 0.0674. The van der Waals surface area contributed by atoms with Crippen LogP contribution >= 0.6 is 0 Å². The molecule has 8 nitrogen and oxygen atoms in total. The lowest BCUT2D eigenvalue weighted by molar-refractivity contribution is -0.144. The molecule has 3 rings (SSSR count). The largest absolute Gasteiger partial charge is 0.467 e. The molecule has 0 saturated carbocycles. The van der Waals surface area contributed by atoms with Gasteiger partial charge in [-0.2, -0.15) is 0 Å². The molecule has 3 aromatic rings. The van der Waals surface area contributed by atoms with Crippen LogP contribution in [-0.2, 0) is 45.8 Å². The standard InChI is InChI=1S/C25H31N3O5/c1-26-12-6-10-22(26)16-28(17-23-11-7-14-33-23)24(29)18-27(13-15-31-2)25(30)20-32-19-21-8-4-3-5-9-21/h3-12,14H,13,15-20H2,1-2H3. The lowest BCUT2D eigenvalue weighted by Gasteiger charge is -2.27. The molecule has 0 saturated heterocycles. The Morgan fingerprint density at radius 3 is 2.45 bits per heavy atom. The van der Waals surface area contributed by atoms with Gasteiger partial charge in [-0.1, -0.05) is 30.3 Å². The lowest BCUT2D eigenvalue weighted by atomic mass is 10.2. The fourth-order valence-corrected chi connectivity index (χ4v) is 3.36. The van der Waals surface area contributed by atoms with Crippen molar-refractivity contribution in [3.8, 4) is 0 Å². The molecule has 0 N–H and O–H groups in total. The van der Waals surface area contributed by atoms with E-state index in [1.54, 1.807) is 24.3 Å². The molecule has 0 atom stereocenters. The van der Waals surface area contributed by atoms with Gasteiger partial charge in [0, 0.05) is 32.6 Å². The van der Waals surface area contributed by atoms with Crippen molar-refractivity contribution >= 4 is 11.8 Å². The number of hydrogen-bond acceptors (Lipinski definition) is 5. The fraction of sp³-hybridized carbons (Fsp3) is 0.360. The lowest BCUT2D eigenvalue weighted by Crippen LogP contribution is -2.45. The molecule has 0 fully saturated rings. The molecule has 2 aromatic heterocycles. The van der Waals surface area contributed by atoms with Crippen LogP contribution in [0.15, 0.2) is 71.5 Å². The van der Waals surface area contributed by atoms with Crippen LogP contribution in [0.4, 0.5) is 0 Å². The Kier molecular flexibility index (Phi) is 9.29. The molecule has 1 aromatic carbocycles. The van der Waals surface area contributed by atoms with Gasteiger partial charge in [0.1, 0.15) is 12.4 Å². The number of carbonyl (C=O) groups excluding carboxylic acids is 2. The molecule has 8 heteroatoms. The van der Waals surface area contributed by atoms with Crippen molar-refractivity contribution in [2.75, 3.05) is 33.4 Å². The number of ether oxygens (including phenoxy) is 2.